The number of hydrogen-bond donors (Lipinski definition) is 0. The van der Waals surface area contributed by atoms with E-state index in [9.17, 15) is 8.42 Å². The van der Waals surface area contributed by atoms with E-state index in [1.54, 1.807) is 37.4 Å². The summed E-state index contributed by atoms with van der Waals surface area (Å²) in [5.41, 5.74) is 1.08. The molecule has 154 valence electrons. The van der Waals surface area contributed by atoms with Gasteiger partial charge in [-0.3, -0.25) is 0 Å². The molecule has 0 saturated heterocycles. The molecular weight excluding hydrogens is 398 g/mol. The zero-order valence-corrected chi connectivity index (χ0v) is 17.5. The van der Waals surface area contributed by atoms with E-state index in [0.29, 0.717) is 22.6 Å². The van der Waals surface area contributed by atoms with Gasteiger partial charge in [0.2, 0.25) is 21.8 Å². The minimum absolute atomic E-state index is 0.00775. The molecule has 0 atom stereocenters. The van der Waals surface area contributed by atoms with Crippen LogP contribution in [-0.2, 0) is 10.0 Å². The summed E-state index contributed by atoms with van der Waals surface area (Å²) >= 11 is 0. The maximum absolute atomic E-state index is 12.6. The van der Waals surface area contributed by atoms with Crippen LogP contribution in [0.1, 0.15) is 0 Å². The van der Waals surface area contributed by atoms with Gasteiger partial charge in [0, 0.05) is 25.2 Å². The summed E-state index contributed by atoms with van der Waals surface area (Å²) in [7, 11) is 3.66. The Morgan fingerprint density at radius 3 is 1.83 bits per heavy atom. The van der Waals surface area contributed by atoms with Crippen molar-refractivity contribution >= 4 is 10.0 Å². The Hall–Kier alpha value is -3.11. The summed E-state index contributed by atoms with van der Waals surface area (Å²) in [6.45, 7) is 0. The van der Waals surface area contributed by atoms with Crippen LogP contribution in [0.3, 0.4) is 0 Å². The first-order valence-corrected chi connectivity index (χ1v) is 9.92. The summed E-state index contributed by atoms with van der Waals surface area (Å²) in [4.78, 5) is 0.00775. The Morgan fingerprint density at radius 2 is 1.31 bits per heavy atom. The maximum atomic E-state index is 12.6. The fourth-order valence-corrected chi connectivity index (χ4v) is 3.71. The molecular formula is C19H21N3O6S. The third-order valence-corrected chi connectivity index (χ3v) is 6.06. The summed E-state index contributed by atoms with van der Waals surface area (Å²) in [5.74, 6) is 1.75. The summed E-state index contributed by atoms with van der Waals surface area (Å²) in [6.07, 6.45) is 0. The molecule has 0 aliphatic rings. The maximum Gasteiger partial charge on any atom is 0.248 e. The Balaban J connectivity index is 2.03. The van der Waals surface area contributed by atoms with Gasteiger partial charge in [0.25, 0.3) is 0 Å². The van der Waals surface area contributed by atoms with Crippen molar-refractivity contribution in [2.45, 2.75) is 4.90 Å². The lowest BCUT2D eigenvalue weighted by Gasteiger charge is -2.14. The van der Waals surface area contributed by atoms with Gasteiger partial charge >= 0.3 is 0 Å². The van der Waals surface area contributed by atoms with E-state index in [0.717, 1.165) is 4.31 Å². The molecule has 9 nitrogen and oxygen atoms in total. The molecule has 0 fully saturated rings. The van der Waals surface area contributed by atoms with Crippen LogP contribution in [0, 0.1) is 0 Å². The predicted octanol–water partition coefficient (Wildman–Crippen LogP) is 2.68. The Kier molecular flexibility index (Phi) is 5.76. The van der Waals surface area contributed by atoms with E-state index < -0.39 is 10.0 Å². The first-order chi connectivity index (χ1) is 13.8. The van der Waals surface area contributed by atoms with Crippen molar-refractivity contribution in [2.24, 2.45) is 0 Å². The molecule has 0 aliphatic carbocycles. The third kappa shape index (κ3) is 3.89. The standard InChI is InChI=1S/C19H21N3O6S/c1-22(2)29(23,24)17-11-13(7-9-15(17)26-4)19-21-20-18(28-19)12-6-8-14(25-3)16(10-12)27-5/h6-11H,1-5H3. The first-order valence-electron chi connectivity index (χ1n) is 8.48. The molecule has 3 aromatic rings. The van der Waals surface area contributed by atoms with Crippen LogP contribution < -0.4 is 14.2 Å². The topological polar surface area (TPSA) is 104 Å². The van der Waals surface area contributed by atoms with E-state index in [4.69, 9.17) is 18.6 Å². The van der Waals surface area contributed by atoms with Crippen molar-refractivity contribution in [2.75, 3.05) is 35.4 Å². The molecule has 1 heterocycles. The van der Waals surface area contributed by atoms with E-state index in [1.807, 2.05) is 0 Å². The average Bonchev–Trinajstić information content (AvgIpc) is 3.22. The molecule has 0 saturated carbocycles. The number of rotatable bonds is 7. The van der Waals surface area contributed by atoms with E-state index >= 15 is 0 Å². The van der Waals surface area contributed by atoms with Crippen LogP contribution in [0.15, 0.2) is 45.7 Å². The normalized spacial score (nSPS) is 11.5. The largest absolute Gasteiger partial charge is 0.495 e. The lowest BCUT2D eigenvalue weighted by Crippen LogP contribution is -2.22. The number of nitrogens with zero attached hydrogens (tertiary/aromatic N) is 3. The molecule has 0 spiro atoms. The summed E-state index contributed by atoms with van der Waals surface area (Å²) < 4.78 is 47.8. The predicted molar refractivity (Wildman–Crippen MR) is 106 cm³/mol. The van der Waals surface area contributed by atoms with Gasteiger partial charge in [-0.05, 0) is 36.4 Å². The highest BCUT2D eigenvalue weighted by Crippen LogP contribution is 2.34. The van der Waals surface area contributed by atoms with Gasteiger partial charge in [0.05, 0.1) is 21.3 Å². The molecule has 3 rings (SSSR count). The number of hydrogen-bond acceptors (Lipinski definition) is 8. The number of sulfonamides is 1. The summed E-state index contributed by atoms with van der Waals surface area (Å²) in [5, 5.41) is 8.11. The lowest BCUT2D eigenvalue weighted by atomic mass is 10.2. The van der Waals surface area contributed by atoms with Crippen LogP contribution in [0.4, 0.5) is 0 Å². The highest BCUT2D eigenvalue weighted by Gasteiger charge is 2.24. The van der Waals surface area contributed by atoms with Crippen LogP contribution in [0.2, 0.25) is 0 Å². The highest BCUT2D eigenvalue weighted by molar-refractivity contribution is 7.89. The van der Waals surface area contributed by atoms with Gasteiger partial charge in [0.1, 0.15) is 10.6 Å². The average molecular weight is 419 g/mol. The number of ether oxygens (including phenoxy) is 3. The molecule has 29 heavy (non-hydrogen) atoms. The SMILES string of the molecule is COc1ccc(-c2nnc(-c3ccc(OC)c(S(=O)(=O)N(C)C)c3)o2)cc1OC. The van der Waals surface area contributed by atoms with Crippen LogP contribution in [-0.4, -0.2) is 58.3 Å². The quantitative estimate of drug-likeness (QED) is 0.576. The van der Waals surface area contributed by atoms with Gasteiger partial charge in [-0.25, -0.2) is 12.7 Å². The Labute approximate surface area is 168 Å². The van der Waals surface area contributed by atoms with E-state index in [-0.39, 0.29) is 22.4 Å². The number of aromatic nitrogens is 2. The second-order valence-electron chi connectivity index (χ2n) is 6.14. The smallest absolute Gasteiger partial charge is 0.248 e. The molecule has 10 heteroatoms. The van der Waals surface area contributed by atoms with Gasteiger partial charge < -0.3 is 18.6 Å². The molecule has 0 bridgehead atoms. The summed E-state index contributed by atoms with van der Waals surface area (Å²) in [6, 6.07) is 9.85. The van der Waals surface area contributed by atoms with Crippen molar-refractivity contribution in [1.29, 1.82) is 0 Å². The molecule has 0 N–H and O–H groups in total. The minimum Gasteiger partial charge on any atom is -0.495 e. The fourth-order valence-electron chi connectivity index (χ4n) is 2.63. The van der Waals surface area contributed by atoms with Gasteiger partial charge in [-0.1, -0.05) is 0 Å². The van der Waals surface area contributed by atoms with Gasteiger partial charge in [0.15, 0.2) is 11.5 Å². The monoisotopic (exact) mass is 419 g/mol. The number of methoxy groups -OCH3 is 3. The second kappa shape index (κ2) is 8.10. The highest BCUT2D eigenvalue weighted by atomic mass is 32.2. The second-order valence-corrected chi connectivity index (χ2v) is 8.26. The van der Waals surface area contributed by atoms with E-state index in [1.165, 1.54) is 34.4 Å². The Morgan fingerprint density at radius 1 is 0.793 bits per heavy atom. The fraction of sp³-hybridized carbons (Fsp3) is 0.263. The van der Waals surface area contributed by atoms with Crippen molar-refractivity contribution in [3.05, 3.63) is 36.4 Å². The first kappa shape index (κ1) is 20.6. The molecule has 0 radical (unpaired) electrons. The Bertz CT molecular complexity index is 1120. The van der Waals surface area contributed by atoms with E-state index in [2.05, 4.69) is 10.2 Å². The molecule has 0 unspecified atom stereocenters. The zero-order valence-electron chi connectivity index (χ0n) is 16.7. The third-order valence-electron chi connectivity index (χ3n) is 4.22. The van der Waals surface area contributed by atoms with Crippen LogP contribution in [0.25, 0.3) is 22.9 Å². The molecule has 0 aliphatic heterocycles. The molecule has 0 amide bonds. The van der Waals surface area contributed by atoms with Crippen LogP contribution in [0.5, 0.6) is 17.2 Å². The zero-order chi connectivity index (χ0) is 21.2. The van der Waals surface area contributed by atoms with Crippen molar-refractivity contribution < 1.29 is 27.0 Å². The van der Waals surface area contributed by atoms with Gasteiger partial charge in [-0.2, -0.15) is 0 Å². The van der Waals surface area contributed by atoms with Crippen LogP contribution >= 0.6 is 0 Å². The molecule has 2 aromatic carbocycles. The van der Waals surface area contributed by atoms with Crippen molar-refractivity contribution in [3.8, 4) is 40.2 Å². The van der Waals surface area contributed by atoms with Gasteiger partial charge in [-0.15, -0.1) is 10.2 Å². The van der Waals surface area contributed by atoms with Crippen molar-refractivity contribution in [1.82, 2.24) is 14.5 Å². The molecule has 1 aromatic heterocycles. The van der Waals surface area contributed by atoms with Crippen molar-refractivity contribution in [3.63, 3.8) is 0 Å². The minimum atomic E-state index is -3.72. The number of benzene rings is 2. The lowest BCUT2D eigenvalue weighted by molar-refractivity contribution is 0.355.